The number of sulfone groups is 1. The molecule has 0 aromatic carbocycles. The van der Waals surface area contributed by atoms with Crippen molar-refractivity contribution in [3.05, 3.63) is 23.9 Å². The van der Waals surface area contributed by atoms with Crippen LogP contribution < -0.4 is 10.2 Å². The summed E-state index contributed by atoms with van der Waals surface area (Å²) in [5, 5.41) is 3.46. The first-order valence-corrected chi connectivity index (χ1v) is 9.01. The van der Waals surface area contributed by atoms with Crippen LogP contribution >= 0.6 is 0 Å². The summed E-state index contributed by atoms with van der Waals surface area (Å²) < 4.78 is 23.2. The first kappa shape index (κ1) is 13.8. The minimum atomic E-state index is -2.87. The van der Waals surface area contributed by atoms with Gasteiger partial charge in [-0.05, 0) is 31.4 Å². The van der Waals surface area contributed by atoms with E-state index in [4.69, 9.17) is 0 Å². The summed E-state index contributed by atoms with van der Waals surface area (Å²) >= 11 is 0. The van der Waals surface area contributed by atoms with Crippen LogP contribution in [0.3, 0.4) is 0 Å². The number of anilines is 1. The van der Waals surface area contributed by atoms with E-state index >= 15 is 0 Å². The van der Waals surface area contributed by atoms with Crippen LogP contribution in [0.1, 0.15) is 25.3 Å². The van der Waals surface area contributed by atoms with Crippen LogP contribution in [-0.2, 0) is 16.4 Å². The summed E-state index contributed by atoms with van der Waals surface area (Å²) in [5.74, 6) is 1.33. The Morgan fingerprint density at radius 3 is 2.80 bits per heavy atom. The quantitative estimate of drug-likeness (QED) is 0.896. The van der Waals surface area contributed by atoms with E-state index < -0.39 is 9.84 Å². The first-order chi connectivity index (χ1) is 9.53. The van der Waals surface area contributed by atoms with E-state index in [9.17, 15) is 8.42 Å². The molecule has 1 unspecified atom stereocenters. The predicted molar refractivity (Wildman–Crippen MR) is 79.6 cm³/mol. The Hall–Kier alpha value is -1.14. The fourth-order valence-corrected chi connectivity index (χ4v) is 4.14. The topological polar surface area (TPSA) is 62.3 Å². The largest absolute Gasteiger partial charge is 0.352 e. The molecule has 6 heteroatoms. The number of rotatable bonds is 4. The lowest BCUT2D eigenvalue weighted by Gasteiger charge is -2.34. The maximum absolute atomic E-state index is 11.6. The van der Waals surface area contributed by atoms with Gasteiger partial charge < -0.3 is 10.2 Å². The smallest absolute Gasteiger partial charge is 0.154 e. The van der Waals surface area contributed by atoms with Crippen LogP contribution in [-0.4, -0.2) is 43.5 Å². The molecular weight excluding hydrogens is 274 g/mol. The van der Waals surface area contributed by atoms with E-state index in [1.54, 1.807) is 0 Å². The Labute approximate surface area is 120 Å². The molecular formula is C14H21N3O2S. The molecule has 5 nitrogen and oxygen atoms in total. The van der Waals surface area contributed by atoms with Gasteiger partial charge in [-0.3, -0.25) is 0 Å². The fourth-order valence-electron chi connectivity index (χ4n) is 2.58. The van der Waals surface area contributed by atoms with Gasteiger partial charge in [0.05, 0.1) is 11.5 Å². The maximum Gasteiger partial charge on any atom is 0.154 e. The highest BCUT2D eigenvalue weighted by Crippen LogP contribution is 2.21. The SMILES string of the molecule is CC1CS(=O)(=O)CCN1c1ccc(CNC2CC2)cn1. The van der Waals surface area contributed by atoms with Gasteiger partial charge in [-0.25, -0.2) is 13.4 Å². The summed E-state index contributed by atoms with van der Waals surface area (Å²) in [6, 6.07) is 4.77. The minimum absolute atomic E-state index is 0.00307. The number of pyridine rings is 1. The van der Waals surface area contributed by atoms with Gasteiger partial charge in [0.2, 0.25) is 0 Å². The monoisotopic (exact) mass is 295 g/mol. The van der Waals surface area contributed by atoms with E-state index in [1.165, 1.54) is 18.4 Å². The number of hydrogen-bond acceptors (Lipinski definition) is 5. The lowest BCUT2D eigenvalue weighted by Crippen LogP contribution is -2.47. The lowest BCUT2D eigenvalue weighted by molar-refractivity contribution is 0.566. The summed E-state index contributed by atoms with van der Waals surface area (Å²) in [6.07, 6.45) is 4.46. The van der Waals surface area contributed by atoms with Gasteiger partial charge in [0.25, 0.3) is 0 Å². The molecule has 1 atom stereocenters. The second-order valence-corrected chi connectivity index (χ2v) is 8.07. The van der Waals surface area contributed by atoms with Gasteiger partial charge in [-0.15, -0.1) is 0 Å². The molecule has 2 fully saturated rings. The Morgan fingerprint density at radius 2 is 2.20 bits per heavy atom. The molecule has 1 N–H and O–H groups in total. The third kappa shape index (κ3) is 3.30. The Kier molecular flexibility index (Phi) is 3.69. The molecule has 0 bridgehead atoms. The average Bonchev–Trinajstić information content (AvgIpc) is 3.20. The Balaban J connectivity index is 1.64. The number of hydrogen-bond donors (Lipinski definition) is 1. The van der Waals surface area contributed by atoms with Crippen molar-refractivity contribution >= 4 is 15.7 Å². The maximum atomic E-state index is 11.6. The van der Waals surface area contributed by atoms with Crippen molar-refractivity contribution in [3.8, 4) is 0 Å². The van der Waals surface area contributed by atoms with Crippen molar-refractivity contribution in [1.82, 2.24) is 10.3 Å². The third-order valence-corrected chi connectivity index (χ3v) is 5.74. The molecule has 20 heavy (non-hydrogen) atoms. The molecule has 1 aromatic rings. The number of nitrogens with one attached hydrogen (secondary N) is 1. The zero-order valence-electron chi connectivity index (χ0n) is 11.7. The van der Waals surface area contributed by atoms with Crippen molar-refractivity contribution < 1.29 is 8.42 Å². The summed E-state index contributed by atoms with van der Waals surface area (Å²) in [7, 11) is -2.87. The zero-order valence-corrected chi connectivity index (χ0v) is 12.6. The molecule has 1 saturated heterocycles. The van der Waals surface area contributed by atoms with E-state index in [-0.39, 0.29) is 17.5 Å². The molecule has 1 aliphatic carbocycles. The van der Waals surface area contributed by atoms with Gasteiger partial charge in [-0.2, -0.15) is 0 Å². The normalized spacial score (nSPS) is 25.6. The third-order valence-electron chi connectivity index (χ3n) is 3.95. The van der Waals surface area contributed by atoms with E-state index in [0.29, 0.717) is 12.6 Å². The van der Waals surface area contributed by atoms with Crippen molar-refractivity contribution in [3.63, 3.8) is 0 Å². The highest BCUT2D eigenvalue weighted by atomic mass is 32.2. The molecule has 0 amide bonds. The van der Waals surface area contributed by atoms with Gasteiger partial charge in [0, 0.05) is 31.4 Å². The van der Waals surface area contributed by atoms with Crippen LogP contribution in [0, 0.1) is 0 Å². The molecule has 3 rings (SSSR count). The molecule has 2 aliphatic rings. The molecule has 1 aliphatic heterocycles. The highest BCUT2D eigenvalue weighted by Gasteiger charge is 2.28. The van der Waals surface area contributed by atoms with Crippen molar-refractivity contribution in [2.24, 2.45) is 0 Å². The average molecular weight is 295 g/mol. The highest BCUT2D eigenvalue weighted by molar-refractivity contribution is 7.91. The van der Waals surface area contributed by atoms with Gasteiger partial charge in [-0.1, -0.05) is 6.07 Å². The lowest BCUT2D eigenvalue weighted by atomic mass is 10.2. The first-order valence-electron chi connectivity index (χ1n) is 7.19. The molecule has 110 valence electrons. The van der Waals surface area contributed by atoms with Gasteiger partial charge in [0.15, 0.2) is 9.84 Å². The number of aromatic nitrogens is 1. The van der Waals surface area contributed by atoms with Gasteiger partial charge in [0.1, 0.15) is 5.82 Å². The summed E-state index contributed by atoms with van der Waals surface area (Å²) in [4.78, 5) is 6.57. The van der Waals surface area contributed by atoms with Crippen molar-refractivity contribution in [2.45, 2.75) is 38.4 Å². The number of nitrogens with zero attached hydrogens (tertiary/aromatic N) is 2. The molecule has 2 heterocycles. The molecule has 1 aromatic heterocycles. The Morgan fingerprint density at radius 1 is 1.40 bits per heavy atom. The van der Waals surface area contributed by atoms with E-state index in [0.717, 1.165) is 12.4 Å². The van der Waals surface area contributed by atoms with Gasteiger partial charge >= 0.3 is 0 Å². The van der Waals surface area contributed by atoms with Crippen LogP contribution in [0.2, 0.25) is 0 Å². The second-order valence-electron chi connectivity index (χ2n) is 5.84. The Bertz CT molecular complexity index is 567. The van der Waals surface area contributed by atoms with E-state index in [2.05, 4.69) is 21.3 Å². The summed E-state index contributed by atoms with van der Waals surface area (Å²) in [5.41, 5.74) is 1.18. The predicted octanol–water partition coefficient (Wildman–Crippen LogP) is 0.957. The van der Waals surface area contributed by atoms with Crippen LogP contribution in [0.5, 0.6) is 0 Å². The van der Waals surface area contributed by atoms with Crippen LogP contribution in [0.15, 0.2) is 18.3 Å². The minimum Gasteiger partial charge on any atom is -0.352 e. The molecule has 0 radical (unpaired) electrons. The van der Waals surface area contributed by atoms with E-state index in [1.807, 2.05) is 19.2 Å². The fraction of sp³-hybridized carbons (Fsp3) is 0.643. The van der Waals surface area contributed by atoms with Crippen molar-refractivity contribution in [2.75, 3.05) is 23.0 Å². The van der Waals surface area contributed by atoms with Crippen molar-refractivity contribution in [1.29, 1.82) is 0 Å². The standard InChI is InChI=1S/C14H21N3O2S/c1-11-10-20(18,19)7-6-17(11)14-5-2-12(9-16-14)8-15-13-3-4-13/h2,5,9,11,13,15H,3-4,6-8,10H2,1H3. The van der Waals surface area contributed by atoms with Crippen LogP contribution in [0.4, 0.5) is 5.82 Å². The summed E-state index contributed by atoms with van der Waals surface area (Å²) in [6.45, 7) is 3.35. The molecule has 1 saturated carbocycles. The second kappa shape index (κ2) is 5.33. The zero-order chi connectivity index (χ0) is 14.2. The molecule has 0 spiro atoms. The van der Waals surface area contributed by atoms with Crippen LogP contribution in [0.25, 0.3) is 0 Å².